The van der Waals surface area contributed by atoms with Crippen LogP contribution in [-0.4, -0.2) is 9.91 Å². The zero-order chi connectivity index (χ0) is 9.84. The summed E-state index contributed by atoms with van der Waals surface area (Å²) in [5, 5.41) is 19.0. The summed E-state index contributed by atoms with van der Waals surface area (Å²) in [4.78, 5) is 13.4. The molecule has 0 saturated carbocycles. The van der Waals surface area contributed by atoms with Gasteiger partial charge in [-0.15, -0.1) is 0 Å². The van der Waals surface area contributed by atoms with Crippen LogP contribution in [-0.2, 0) is 0 Å². The quantitative estimate of drug-likeness (QED) is 0.379. The summed E-state index contributed by atoms with van der Waals surface area (Å²) < 4.78 is 0. The van der Waals surface area contributed by atoms with Crippen molar-refractivity contribution in [3.05, 3.63) is 27.9 Å². The van der Waals surface area contributed by atoms with E-state index in [-0.39, 0.29) is 11.4 Å². The summed E-state index contributed by atoms with van der Waals surface area (Å²) in [6.45, 7) is 0. The van der Waals surface area contributed by atoms with Gasteiger partial charge in [-0.2, -0.15) is 5.26 Å². The van der Waals surface area contributed by atoms with E-state index in [1.54, 1.807) is 6.07 Å². The number of aromatic nitrogens is 1. The minimum atomic E-state index is -0.708. The summed E-state index contributed by atoms with van der Waals surface area (Å²) in [5.74, 6) is 4.86. The van der Waals surface area contributed by atoms with Crippen LogP contribution in [0.25, 0.3) is 0 Å². The number of hydrogen-bond donors (Lipinski definition) is 2. The van der Waals surface area contributed by atoms with E-state index in [1.807, 2.05) is 5.43 Å². The summed E-state index contributed by atoms with van der Waals surface area (Å²) in [5.41, 5.74) is 1.56. The van der Waals surface area contributed by atoms with Gasteiger partial charge in [0.1, 0.15) is 11.6 Å². The number of nitrogen functional groups attached to an aromatic ring is 1. The molecule has 7 heteroatoms. The lowest BCUT2D eigenvalue weighted by atomic mass is 10.2. The van der Waals surface area contributed by atoms with Crippen LogP contribution in [0.1, 0.15) is 5.56 Å². The largest absolute Gasteiger partial charge is 0.330 e. The van der Waals surface area contributed by atoms with E-state index in [1.165, 1.54) is 12.3 Å². The Morgan fingerprint density at radius 2 is 2.46 bits per heavy atom. The van der Waals surface area contributed by atoms with Crippen molar-refractivity contribution < 1.29 is 4.92 Å². The van der Waals surface area contributed by atoms with Crippen LogP contribution in [0.15, 0.2) is 12.3 Å². The van der Waals surface area contributed by atoms with E-state index >= 15 is 0 Å². The van der Waals surface area contributed by atoms with Crippen LogP contribution in [0.2, 0.25) is 0 Å². The molecular weight excluding hydrogens is 174 g/mol. The minimum absolute atomic E-state index is 0.0760. The molecule has 3 N–H and O–H groups in total. The van der Waals surface area contributed by atoms with Gasteiger partial charge >= 0.3 is 5.69 Å². The van der Waals surface area contributed by atoms with Crippen molar-refractivity contribution >= 4 is 11.5 Å². The predicted octanol–water partition coefficient (Wildman–Crippen LogP) is 0.147. The lowest BCUT2D eigenvalue weighted by Crippen LogP contribution is -2.11. The molecule has 0 aliphatic heterocycles. The lowest BCUT2D eigenvalue weighted by molar-refractivity contribution is -0.384. The molecule has 0 amide bonds. The maximum absolute atomic E-state index is 10.5. The second-order valence-corrected chi connectivity index (χ2v) is 2.07. The predicted molar refractivity (Wildman–Crippen MR) is 43.4 cm³/mol. The fourth-order valence-electron chi connectivity index (χ4n) is 0.835. The van der Waals surface area contributed by atoms with Crippen molar-refractivity contribution in [3.63, 3.8) is 0 Å². The van der Waals surface area contributed by atoms with Crippen molar-refractivity contribution in [1.82, 2.24) is 4.98 Å². The van der Waals surface area contributed by atoms with Crippen LogP contribution in [0.4, 0.5) is 11.5 Å². The smallest absolute Gasteiger partial charge is 0.303 e. The number of nitriles is 1. The summed E-state index contributed by atoms with van der Waals surface area (Å²) in [6.07, 6.45) is 1.26. The van der Waals surface area contributed by atoms with Gasteiger partial charge in [0.2, 0.25) is 5.82 Å². The van der Waals surface area contributed by atoms with E-state index < -0.39 is 10.6 Å². The van der Waals surface area contributed by atoms with Crippen molar-refractivity contribution in [2.45, 2.75) is 0 Å². The molecule has 1 heterocycles. The zero-order valence-electron chi connectivity index (χ0n) is 6.39. The Bertz CT molecular complexity index is 383. The van der Waals surface area contributed by atoms with Crippen LogP contribution >= 0.6 is 0 Å². The van der Waals surface area contributed by atoms with Crippen LogP contribution in [0.5, 0.6) is 0 Å². The van der Waals surface area contributed by atoms with Crippen molar-refractivity contribution in [3.8, 4) is 6.07 Å². The first kappa shape index (κ1) is 8.89. The van der Waals surface area contributed by atoms with E-state index in [0.717, 1.165) is 0 Å². The van der Waals surface area contributed by atoms with E-state index in [9.17, 15) is 10.1 Å². The first-order valence-corrected chi connectivity index (χ1v) is 3.20. The Hall–Kier alpha value is -2.20. The van der Waals surface area contributed by atoms with Gasteiger partial charge in [0.25, 0.3) is 0 Å². The molecular formula is C6H5N5O2. The molecule has 1 aromatic heterocycles. The Morgan fingerprint density at radius 3 is 2.92 bits per heavy atom. The van der Waals surface area contributed by atoms with E-state index in [0.29, 0.717) is 0 Å². The standard InChI is InChI=1S/C6H5N5O2/c7-3-4-1-2-9-6(10-8)5(4)11(12)13/h1-2H,8H2,(H,9,10). The molecule has 7 nitrogen and oxygen atoms in total. The number of nitrogens with one attached hydrogen (secondary N) is 1. The molecule has 0 aromatic carbocycles. The summed E-state index contributed by atoms with van der Waals surface area (Å²) >= 11 is 0. The van der Waals surface area contributed by atoms with Crippen LogP contribution in [0, 0.1) is 21.4 Å². The fourth-order valence-corrected chi connectivity index (χ4v) is 0.835. The zero-order valence-corrected chi connectivity index (χ0v) is 6.39. The van der Waals surface area contributed by atoms with Crippen molar-refractivity contribution in [1.29, 1.82) is 5.26 Å². The Kier molecular flexibility index (Phi) is 2.37. The average Bonchev–Trinajstić information content (AvgIpc) is 2.16. The number of hydrazine groups is 1. The second-order valence-electron chi connectivity index (χ2n) is 2.07. The number of pyridine rings is 1. The highest BCUT2D eigenvalue weighted by Gasteiger charge is 2.19. The monoisotopic (exact) mass is 179 g/mol. The number of anilines is 1. The molecule has 0 fully saturated rings. The molecule has 0 radical (unpaired) electrons. The third-order valence-electron chi connectivity index (χ3n) is 1.36. The number of nitrogens with two attached hydrogens (primary N) is 1. The lowest BCUT2D eigenvalue weighted by Gasteiger charge is -2.00. The molecule has 0 aliphatic carbocycles. The van der Waals surface area contributed by atoms with Crippen LogP contribution < -0.4 is 11.3 Å². The first-order chi connectivity index (χ1) is 6.20. The van der Waals surface area contributed by atoms with E-state index in [4.69, 9.17) is 11.1 Å². The molecule has 0 aliphatic rings. The third kappa shape index (κ3) is 1.52. The van der Waals surface area contributed by atoms with Gasteiger partial charge < -0.3 is 5.43 Å². The van der Waals surface area contributed by atoms with Gasteiger partial charge in [0.15, 0.2) is 0 Å². The molecule has 13 heavy (non-hydrogen) atoms. The highest BCUT2D eigenvalue weighted by atomic mass is 16.6. The van der Waals surface area contributed by atoms with Gasteiger partial charge in [-0.05, 0) is 6.07 Å². The number of nitro groups is 1. The SMILES string of the molecule is N#Cc1ccnc(NN)c1[N+](=O)[O-]. The number of nitrogens with zero attached hydrogens (tertiary/aromatic N) is 3. The molecule has 0 bridgehead atoms. The Balaban J connectivity index is 3.41. The molecule has 0 atom stereocenters. The number of rotatable bonds is 2. The normalized spacial score (nSPS) is 8.92. The fraction of sp³-hybridized carbons (Fsp3) is 0. The molecule has 0 saturated heterocycles. The Morgan fingerprint density at radius 1 is 1.77 bits per heavy atom. The van der Waals surface area contributed by atoms with Gasteiger partial charge in [0, 0.05) is 6.20 Å². The number of hydrogen-bond acceptors (Lipinski definition) is 6. The van der Waals surface area contributed by atoms with Gasteiger partial charge in [-0.3, -0.25) is 10.1 Å². The van der Waals surface area contributed by atoms with Gasteiger partial charge in [0.05, 0.1) is 4.92 Å². The van der Waals surface area contributed by atoms with E-state index in [2.05, 4.69) is 4.98 Å². The highest BCUT2D eigenvalue weighted by molar-refractivity contribution is 5.63. The molecule has 0 spiro atoms. The molecule has 66 valence electrons. The molecule has 1 aromatic rings. The highest BCUT2D eigenvalue weighted by Crippen LogP contribution is 2.24. The maximum Gasteiger partial charge on any atom is 0.330 e. The molecule has 0 unspecified atom stereocenters. The topological polar surface area (TPSA) is 118 Å². The third-order valence-corrected chi connectivity index (χ3v) is 1.36. The minimum Gasteiger partial charge on any atom is -0.303 e. The van der Waals surface area contributed by atoms with Crippen molar-refractivity contribution in [2.75, 3.05) is 5.43 Å². The average molecular weight is 179 g/mol. The molecule has 1 rings (SSSR count). The van der Waals surface area contributed by atoms with Gasteiger partial charge in [-0.1, -0.05) is 0 Å². The van der Waals surface area contributed by atoms with Gasteiger partial charge in [-0.25, -0.2) is 10.8 Å². The Labute approximate surface area is 72.9 Å². The maximum atomic E-state index is 10.5. The summed E-state index contributed by atoms with van der Waals surface area (Å²) in [7, 11) is 0. The van der Waals surface area contributed by atoms with Crippen LogP contribution in [0.3, 0.4) is 0 Å². The first-order valence-electron chi connectivity index (χ1n) is 3.20. The second kappa shape index (κ2) is 3.46. The van der Waals surface area contributed by atoms with Crippen molar-refractivity contribution in [2.24, 2.45) is 5.84 Å². The summed E-state index contributed by atoms with van der Waals surface area (Å²) in [6, 6.07) is 2.92.